The predicted molar refractivity (Wildman–Crippen MR) is 99.3 cm³/mol. The van der Waals surface area contributed by atoms with Gasteiger partial charge in [-0.2, -0.15) is 0 Å². The first kappa shape index (κ1) is 19.2. The molecule has 0 aromatic heterocycles. The number of nitrogens with zero attached hydrogens (tertiary/aromatic N) is 1. The minimum Gasteiger partial charge on any atom is -0.312 e. The van der Waals surface area contributed by atoms with Crippen LogP contribution in [0.15, 0.2) is 36.0 Å². The molecule has 22 heavy (non-hydrogen) atoms. The number of hydrogen-bond donors (Lipinski definition) is 1. The number of hydrogen-bond acceptors (Lipinski definition) is 2. The van der Waals surface area contributed by atoms with Gasteiger partial charge in [-0.15, -0.1) is 6.58 Å². The second-order valence-electron chi connectivity index (χ2n) is 6.80. The van der Waals surface area contributed by atoms with Gasteiger partial charge in [-0.05, 0) is 46.5 Å². The summed E-state index contributed by atoms with van der Waals surface area (Å²) in [5.41, 5.74) is 2.91. The van der Waals surface area contributed by atoms with Gasteiger partial charge in [0.15, 0.2) is 0 Å². The van der Waals surface area contributed by atoms with E-state index in [4.69, 9.17) is 0 Å². The average Bonchev–Trinajstić information content (AvgIpc) is 2.99. The van der Waals surface area contributed by atoms with E-state index in [1.807, 2.05) is 6.08 Å². The molecule has 1 N–H and O–H groups in total. The number of nitrogens with one attached hydrogen (secondary N) is 1. The van der Waals surface area contributed by atoms with Crippen LogP contribution in [0.3, 0.4) is 0 Å². The van der Waals surface area contributed by atoms with Crippen LogP contribution in [-0.4, -0.2) is 37.1 Å². The quantitative estimate of drug-likeness (QED) is 0.440. The maximum atomic E-state index is 3.90. The molecule has 0 amide bonds. The van der Waals surface area contributed by atoms with Crippen LogP contribution >= 0.6 is 0 Å². The molecule has 1 rings (SSSR count). The molecule has 0 saturated heterocycles. The van der Waals surface area contributed by atoms with Crippen LogP contribution in [-0.2, 0) is 0 Å². The second-order valence-corrected chi connectivity index (χ2v) is 6.80. The van der Waals surface area contributed by atoms with E-state index in [0.29, 0.717) is 0 Å². The van der Waals surface area contributed by atoms with Gasteiger partial charge in [-0.3, -0.25) is 4.90 Å². The van der Waals surface area contributed by atoms with Crippen molar-refractivity contribution >= 4 is 0 Å². The largest absolute Gasteiger partial charge is 0.312 e. The monoisotopic (exact) mass is 304 g/mol. The molecule has 0 bridgehead atoms. The van der Waals surface area contributed by atoms with Crippen LogP contribution in [0.1, 0.15) is 59.3 Å². The van der Waals surface area contributed by atoms with Gasteiger partial charge in [0.2, 0.25) is 0 Å². The van der Waals surface area contributed by atoms with Crippen LogP contribution in [0.25, 0.3) is 0 Å². The van der Waals surface area contributed by atoms with Gasteiger partial charge in [0, 0.05) is 32.2 Å². The van der Waals surface area contributed by atoms with Crippen LogP contribution in [0, 0.1) is 0 Å². The third-order valence-electron chi connectivity index (χ3n) is 4.47. The van der Waals surface area contributed by atoms with E-state index in [2.05, 4.69) is 49.7 Å². The van der Waals surface area contributed by atoms with Crippen molar-refractivity contribution in [3.63, 3.8) is 0 Å². The van der Waals surface area contributed by atoms with Crippen molar-refractivity contribution < 1.29 is 0 Å². The first-order valence-corrected chi connectivity index (χ1v) is 8.98. The maximum Gasteiger partial charge on any atom is 0.0164 e. The summed E-state index contributed by atoms with van der Waals surface area (Å²) in [6.45, 7) is 14.7. The van der Waals surface area contributed by atoms with Crippen LogP contribution in [0.2, 0.25) is 0 Å². The molecule has 1 aliphatic carbocycles. The Labute approximate surface area is 138 Å². The molecule has 0 aliphatic heterocycles. The van der Waals surface area contributed by atoms with E-state index in [1.54, 1.807) is 0 Å². The summed E-state index contributed by atoms with van der Waals surface area (Å²) in [6.07, 6.45) is 14.6. The van der Waals surface area contributed by atoms with E-state index >= 15 is 0 Å². The summed E-state index contributed by atoms with van der Waals surface area (Å²) in [5.74, 6) is 0. The normalized spacial score (nSPS) is 16.3. The molecular formula is C20H36N2. The minimum atomic E-state index is 0.793. The van der Waals surface area contributed by atoms with Crippen LogP contribution < -0.4 is 5.32 Å². The first-order valence-electron chi connectivity index (χ1n) is 8.98. The van der Waals surface area contributed by atoms with Gasteiger partial charge in [0.05, 0.1) is 0 Å². The summed E-state index contributed by atoms with van der Waals surface area (Å²) in [4.78, 5) is 2.60. The highest BCUT2D eigenvalue weighted by atomic mass is 15.2. The van der Waals surface area contributed by atoms with E-state index in [0.717, 1.165) is 32.2 Å². The fourth-order valence-electron chi connectivity index (χ4n) is 3.12. The van der Waals surface area contributed by atoms with E-state index in [-0.39, 0.29) is 0 Å². The van der Waals surface area contributed by atoms with Gasteiger partial charge in [-0.25, -0.2) is 0 Å². The summed E-state index contributed by atoms with van der Waals surface area (Å²) in [7, 11) is 0. The molecule has 0 heterocycles. The lowest BCUT2D eigenvalue weighted by atomic mass is 10.1. The van der Waals surface area contributed by atoms with E-state index in [1.165, 1.54) is 49.7 Å². The highest BCUT2D eigenvalue weighted by molar-refractivity contribution is 5.02. The Morgan fingerprint density at radius 1 is 1.18 bits per heavy atom. The smallest absolute Gasteiger partial charge is 0.0164 e. The van der Waals surface area contributed by atoms with Crippen molar-refractivity contribution in [2.75, 3.05) is 26.2 Å². The lowest BCUT2D eigenvalue weighted by molar-refractivity contribution is 0.221. The molecule has 0 atom stereocenters. The van der Waals surface area contributed by atoms with Crippen LogP contribution in [0.4, 0.5) is 0 Å². The van der Waals surface area contributed by atoms with Crippen molar-refractivity contribution in [1.29, 1.82) is 0 Å². The second kappa shape index (κ2) is 11.7. The summed E-state index contributed by atoms with van der Waals surface area (Å²) < 4.78 is 0. The average molecular weight is 305 g/mol. The molecule has 0 unspecified atom stereocenters. The van der Waals surface area contributed by atoms with Gasteiger partial charge >= 0.3 is 0 Å². The molecule has 0 spiro atoms. The van der Waals surface area contributed by atoms with E-state index < -0.39 is 0 Å². The number of rotatable bonds is 11. The molecule has 0 radical (unpaired) electrons. The number of allylic oxidation sites excluding steroid dienone is 3. The Kier molecular flexibility index (Phi) is 10.2. The Morgan fingerprint density at radius 3 is 2.55 bits per heavy atom. The first-order chi connectivity index (χ1) is 10.6. The standard InChI is InChI=1S/C20H36N2/c1-5-16-22(20-11-6-7-12-20)17-15-21-14-13-19(4)10-8-9-18(2)3/h5,9,13,20-21H,1,6-8,10-12,14-17H2,2-4H3. The van der Waals surface area contributed by atoms with Gasteiger partial charge < -0.3 is 5.32 Å². The maximum absolute atomic E-state index is 3.90. The minimum absolute atomic E-state index is 0.793. The van der Waals surface area contributed by atoms with E-state index in [9.17, 15) is 0 Å². The highest BCUT2D eigenvalue weighted by Crippen LogP contribution is 2.22. The Hall–Kier alpha value is -0.860. The summed E-state index contributed by atoms with van der Waals surface area (Å²) in [5, 5.41) is 3.56. The Balaban J connectivity index is 2.16. The van der Waals surface area contributed by atoms with Gasteiger partial charge in [0.1, 0.15) is 0 Å². The van der Waals surface area contributed by atoms with Crippen molar-refractivity contribution in [1.82, 2.24) is 10.2 Å². The lowest BCUT2D eigenvalue weighted by Crippen LogP contribution is -2.38. The van der Waals surface area contributed by atoms with Crippen molar-refractivity contribution in [3.05, 3.63) is 36.0 Å². The molecule has 1 saturated carbocycles. The molecular weight excluding hydrogens is 268 g/mol. The molecule has 2 heteroatoms. The third kappa shape index (κ3) is 8.55. The SMILES string of the molecule is C=CCN(CCNCC=C(C)CCC=C(C)C)C1CCCC1. The summed E-state index contributed by atoms with van der Waals surface area (Å²) >= 11 is 0. The predicted octanol–water partition coefficient (Wildman–Crippen LogP) is 4.70. The molecule has 126 valence electrons. The highest BCUT2D eigenvalue weighted by Gasteiger charge is 2.20. The topological polar surface area (TPSA) is 15.3 Å². The lowest BCUT2D eigenvalue weighted by Gasteiger charge is -2.27. The molecule has 1 fully saturated rings. The third-order valence-corrected chi connectivity index (χ3v) is 4.47. The molecule has 0 aromatic rings. The van der Waals surface area contributed by atoms with Crippen molar-refractivity contribution in [3.8, 4) is 0 Å². The van der Waals surface area contributed by atoms with Crippen molar-refractivity contribution in [2.45, 2.75) is 65.3 Å². The summed E-state index contributed by atoms with van der Waals surface area (Å²) in [6, 6.07) is 0.793. The zero-order chi connectivity index (χ0) is 16.2. The zero-order valence-corrected chi connectivity index (χ0v) is 15.0. The van der Waals surface area contributed by atoms with Crippen molar-refractivity contribution in [2.24, 2.45) is 0 Å². The van der Waals surface area contributed by atoms with Crippen LogP contribution in [0.5, 0.6) is 0 Å². The van der Waals surface area contributed by atoms with Gasteiger partial charge in [0.25, 0.3) is 0 Å². The Bertz CT molecular complexity index is 358. The molecule has 1 aliphatic rings. The fourth-order valence-corrected chi connectivity index (χ4v) is 3.12. The Morgan fingerprint density at radius 2 is 1.91 bits per heavy atom. The fraction of sp³-hybridized carbons (Fsp3) is 0.700. The molecule has 0 aromatic carbocycles. The van der Waals surface area contributed by atoms with Gasteiger partial charge in [-0.1, -0.05) is 42.2 Å². The zero-order valence-electron chi connectivity index (χ0n) is 15.0. The molecule has 2 nitrogen and oxygen atoms in total.